The number of amides is 1. The molecule has 0 saturated heterocycles. The summed E-state index contributed by atoms with van der Waals surface area (Å²) in [5.74, 6) is -0.163. The minimum absolute atomic E-state index is 0.163. The molecule has 0 fully saturated rings. The third-order valence-corrected chi connectivity index (χ3v) is 4.08. The highest BCUT2D eigenvalue weighted by Crippen LogP contribution is 2.23. The van der Waals surface area contributed by atoms with E-state index in [1.54, 1.807) is 6.20 Å². The summed E-state index contributed by atoms with van der Waals surface area (Å²) in [4.78, 5) is 16.9. The molecule has 3 heteroatoms. The zero-order valence-electron chi connectivity index (χ0n) is 13.5. The van der Waals surface area contributed by atoms with Crippen LogP contribution in [-0.2, 0) is 0 Å². The normalized spacial score (nSPS) is 10.6. The number of benzene rings is 3. The van der Waals surface area contributed by atoms with Crippen molar-refractivity contribution in [2.75, 3.05) is 5.32 Å². The van der Waals surface area contributed by atoms with Gasteiger partial charge in [0.2, 0.25) is 0 Å². The van der Waals surface area contributed by atoms with E-state index in [1.165, 1.54) is 0 Å². The van der Waals surface area contributed by atoms with Crippen molar-refractivity contribution in [2.24, 2.45) is 0 Å². The SMILES string of the molecule is O=C(Nc1cccc(-c2ccccc2)c1)c1cnc2ccccc2c1. The lowest BCUT2D eigenvalue weighted by atomic mass is 10.1. The Balaban J connectivity index is 1.60. The molecule has 1 aromatic heterocycles. The van der Waals surface area contributed by atoms with Gasteiger partial charge in [0.15, 0.2) is 0 Å². The van der Waals surface area contributed by atoms with E-state index in [0.29, 0.717) is 5.56 Å². The van der Waals surface area contributed by atoms with Gasteiger partial charge in [0.1, 0.15) is 0 Å². The van der Waals surface area contributed by atoms with Crippen LogP contribution >= 0.6 is 0 Å². The average Bonchev–Trinajstić information content (AvgIpc) is 2.68. The number of anilines is 1. The van der Waals surface area contributed by atoms with Gasteiger partial charge in [-0.2, -0.15) is 0 Å². The lowest BCUT2D eigenvalue weighted by Crippen LogP contribution is -2.12. The van der Waals surface area contributed by atoms with Crippen molar-refractivity contribution in [3.8, 4) is 11.1 Å². The fourth-order valence-electron chi connectivity index (χ4n) is 2.81. The van der Waals surface area contributed by atoms with Crippen molar-refractivity contribution in [3.05, 3.63) is 96.7 Å². The van der Waals surface area contributed by atoms with Crippen LogP contribution in [0.1, 0.15) is 10.4 Å². The molecule has 3 aromatic carbocycles. The lowest BCUT2D eigenvalue weighted by Gasteiger charge is -2.08. The second kappa shape index (κ2) is 6.57. The average molecular weight is 324 g/mol. The van der Waals surface area contributed by atoms with Crippen LogP contribution in [0.3, 0.4) is 0 Å². The number of aromatic nitrogens is 1. The van der Waals surface area contributed by atoms with E-state index in [4.69, 9.17) is 0 Å². The molecule has 0 aliphatic rings. The molecule has 0 spiro atoms. The second-order valence-electron chi connectivity index (χ2n) is 5.82. The molecular formula is C22H16N2O. The Morgan fingerprint density at radius 2 is 1.52 bits per heavy atom. The van der Waals surface area contributed by atoms with E-state index in [9.17, 15) is 4.79 Å². The first kappa shape index (κ1) is 15.1. The third kappa shape index (κ3) is 3.26. The fourth-order valence-corrected chi connectivity index (χ4v) is 2.81. The number of pyridine rings is 1. The van der Waals surface area contributed by atoms with Gasteiger partial charge in [0.05, 0.1) is 11.1 Å². The maximum atomic E-state index is 12.6. The largest absolute Gasteiger partial charge is 0.322 e. The molecular weight excluding hydrogens is 308 g/mol. The predicted octanol–water partition coefficient (Wildman–Crippen LogP) is 5.15. The molecule has 0 aliphatic carbocycles. The van der Waals surface area contributed by atoms with Crippen LogP contribution in [0.5, 0.6) is 0 Å². The number of carbonyl (C=O) groups is 1. The van der Waals surface area contributed by atoms with Gasteiger partial charge in [-0.25, -0.2) is 0 Å². The number of nitrogens with one attached hydrogen (secondary N) is 1. The first-order valence-corrected chi connectivity index (χ1v) is 8.11. The van der Waals surface area contributed by atoms with Crippen LogP contribution in [0.15, 0.2) is 91.1 Å². The van der Waals surface area contributed by atoms with Crippen molar-refractivity contribution in [1.29, 1.82) is 0 Å². The molecule has 1 N–H and O–H groups in total. The molecule has 0 bridgehead atoms. The van der Waals surface area contributed by atoms with Crippen LogP contribution in [0.4, 0.5) is 5.69 Å². The predicted molar refractivity (Wildman–Crippen MR) is 102 cm³/mol. The molecule has 1 heterocycles. The minimum Gasteiger partial charge on any atom is -0.322 e. The molecule has 1 amide bonds. The van der Waals surface area contributed by atoms with Gasteiger partial charge in [0.25, 0.3) is 5.91 Å². The highest BCUT2D eigenvalue weighted by molar-refractivity contribution is 6.06. The maximum absolute atomic E-state index is 12.6. The van der Waals surface area contributed by atoms with Crippen molar-refractivity contribution in [2.45, 2.75) is 0 Å². The minimum atomic E-state index is -0.163. The van der Waals surface area contributed by atoms with Crippen molar-refractivity contribution >= 4 is 22.5 Å². The topological polar surface area (TPSA) is 42.0 Å². The number of fused-ring (bicyclic) bond motifs is 1. The number of hydrogen-bond donors (Lipinski definition) is 1. The van der Waals surface area contributed by atoms with Gasteiger partial charge >= 0.3 is 0 Å². The van der Waals surface area contributed by atoms with Crippen molar-refractivity contribution in [3.63, 3.8) is 0 Å². The summed E-state index contributed by atoms with van der Waals surface area (Å²) < 4.78 is 0. The zero-order valence-corrected chi connectivity index (χ0v) is 13.5. The van der Waals surface area contributed by atoms with E-state index < -0.39 is 0 Å². The second-order valence-corrected chi connectivity index (χ2v) is 5.82. The van der Waals surface area contributed by atoms with Crippen LogP contribution in [0.25, 0.3) is 22.0 Å². The molecule has 0 saturated carbocycles. The lowest BCUT2D eigenvalue weighted by molar-refractivity contribution is 0.102. The zero-order chi connectivity index (χ0) is 17.1. The number of para-hydroxylation sites is 1. The van der Waals surface area contributed by atoms with E-state index >= 15 is 0 Å². The number of carbonyl (C=O) groups excluding carboxylic acids is 1. The Bertz CT molecular complexity index is 1040. The molecule has 0 radical (unpaired) electrons. The summed E-state index contributed by atoms with van der Waals surface area (Å²) in [5, 5.41) is 3.91. The quantitative estimate of drug-likeness (QED) is 0.566. The van der Waals surface area contributed by atoms with Gasteiger partial charge in [-0.1, -0.05) is 60.7 Å². The Morgan fingerprint density at radius 1 is 0.760 bits per heavy atom. The van der Waals surface area contributed by atoms with Crippen molar-refractivity contribution < 1.29 is 4.79 Å². The highest BCUT2D eigenvalue weighted by Gasteiger charge is 2.08. The maximum Gasteiger partial charge on any atom is 0.257 e. The summed E-state index contributed by atoms with van der Waals surface area (Å²) in [6.07, 6.45) is 1.61. The molecule has 0 aliphatic heterocycles. The summed E-state index contributed by atoms with van der Waals surface area (Å²) >= 11 is 0. The van der Waals surface area contributed by atoms with Crippen LogP contribution in [-0.4, -0.2) is 10.9 Å². The van der Waals surface area contributed by atoms with Crippen LogP contribution in [0, 0.1) is 0 Å². The first-order chi connectivity index (χ1) is 12.3. The third-order valence-electron chi connectivity index (χ3n) is 4.08. The molecule has 4 rings (SSSR count). The van der Waals surface area contributed by atoms with Crippen molar-refractivity contribution in [1.82, 2.24) is 4.98 Å². The Morgan fingerprint density at radius 3 is 2.40 bits per heavy atom. The Kier molecular flexibility index (Phi) is 3.97. The number of rotatable bonds is 3. The highest BCUT2D eigenvalue weighted by atomic mass is 16.1. The summed E-state index contributed by atoms with van der Waals surface area (Å²) in [5.41, 5.74) is 4.37. The van der Waals surface area contributed by atoms with E-state index in [1.807, 2.05) is 84.9 Å². The van der Waals surface area contributed by atoms with E-state index in [0.717, 1.165) is 27.7 Å². The van der Waals surface area contributed by atoms with Gasteiger partial charge in [0, 0.05) is 17.3 Å². The van der Waals surface area contributed by atoms with Gasteiger partial charge in [-0.05, 0) is 35.4 Å². The molecule has 3 nitrogen and oxygen atoms in total. The standard InChI is InChI=1S/C22H16N2O/c25-22(19-13-18-9-4-5-12-21(18)23-15-19)24-20-11-6-10-17(14-20)16-7-2-1-3-8-16/h1-15H,(H,24,25). The van der Waals surface area contributed by atoms with E-state index in [2.05, 4.69) is 10.3 Å². The molecule has 0 unspecified atom stereocenters. The Labute approximate surface area is 146 Å². The molecule has 25 heavy (non-hydrogen) atoms. The molecule has 120 valence electrons. The summed E-state index contributed by atoms with van der Waals surface area (Å²) in [6, 6.07) is 27.5. The number of hydrogen-bond acceptors (Lipinski definition) is 2. The Hall–Kier alpha value is -3.46. The fraction of sp³-hybridized carbons (Fsp3) is 0. The summed E-state index contributed by atoms with van der Waals surface area (Å²) in [7, 11) is 0. The van der Waals surface area contributed by atoms with E-state index in [-0.39, 0.29) is 5.91 Å². The summed E-state index contributed by atoms with van der Waals surface area (Å²) in [6.45, 7) is 0. The molecule has 0 atom stereocenters. The first-order valence-electron chi connectivity index (χ1n) is 8.11. The van der Waals surface area contributed by atoms with Crippen LogP contribution in [0.2, 0.25) is 0 Å². The number of nitrogens with zero attached hydrogens (tertiary/aromatic N) is 1. The smallest absolute Gasteiger partial charge is 0.257 e. The van der Waals surface area contributed by atoms with Gasteiger partial charge in [-0.15, -0.1) is 0 Å². The monoisotopic (exact) mass is 324 g/mol. The van der Waals surface area contributed by atoms with Crippen LogP contribution < -0.4 is 5.32 Å². The van der Waals surface area contributed by atoms with Gasteiger partial charge in [-0.3, -0.25) is 9.78 Å². The van der Waals surface area contributed by atoms with Gasteiger partial charge < -0.3 is 5.32 Å². The molecule has 4 aromatic rings.